The molecule has 0 unspecified atom stereocenters. The van der Waals surface area contributed by atoms with Crippen LogP contribution in [0.1, 0.15) is 17.1 Å². The summed E-state index contributed by atoms with van der Waals surface area (Å²) in [5.74, 6) is 1.55. The number of aliphatic hydroxyl groups excluding tert-OH is 1. The van der Waals surface area contributed by atoms with Gasteiger partial charge in [-0.25, -0.2) is 4.98 Å². The molecule has 1 aliphatic rings. The van der Waals surface area contributed by atoms with Crippen molar-refractivity contribution < 1.29 is 9.63 Å². The molecule has 7 nitrogen and oxygen atoms in total. The average molecular weight is 324 g/mol. The van der Waals surface area contributed by atoms with Gasteiger partial charge >= 0.3 is 0 Å². The Morgan fingerprint density at radius 1 is 1.41 bits per heavy atom. The van der Waals surface area contributed by atoms with Crippen molar-refractivity contribution in [1.29, 1.82) is 0 Å². The highest BCUT2D eigenvalue weighted by Gasteiger charge is 2.34. The van der Waals surface area contributed by atoms with Crippen molar-refractivity contribution in [1.82, 2.24) is 15.1 Å². The van der Waals surface area contributed by atoms with Crippen molar-refractivity contribution >= 4 is 23.4 Å². The second-order valence-electron chi connectivity index (χ2n) is 5.68. The van der Waals surface area contributed by atoms with Crippen LogP contribution < -0.4 is 10.6 Å². The van der Waals surface area contributed by atoms with Gasteiger partial charge in [0.2, 0.25) is 5.95 Å². The molecule has 0 spiro atoms. The minimum absolute atomic E-state index is 0.0277. The van der Waals surface area contributed by atoms with Gasteiger partial charge in [0.1, 0.15) is 10.8 Å². The first-order valence-corrected chi connectivity index (χ1v) is 7.46. The summed E-state index contributed by atoms with van der Waals surface area (Å²) < 4.78 is 5.23. The molecule has 0 bridgehead atoms. The predicted octanol–water partition coefficient (Wildman–Crippen LogP) is 1.36. The van der Waals surface area contributed by atoms with E-state index >= 15 is 0 Å². The molecule has 22 heavy (non-hydrogen) atoms. The van der Waals surface area contributed by atoms with Crippen LogP contribution in [0.25, 0.3) is 0 Å². The van der Waals surface area contributed by atoms with E-state index in [1.165, 1.54) is 0 Å². The van der Waals surface area contributed by atoms with Gasteiger partial charge in [0, 0.05) is 31.5 Å². The zero-order chi connectivity index (χ0) is 15.9. The van der Waals surface area contributed by atoms with Gasteiger partial charge in [-0.15, -0.1) is 0 Å². The molecule has 0 aliphatic carbocycles. The van der Waals surface area contributed by atoms with E-state index in [1.807, 2.05) is 17.9 Å². The third-order valence-electron chi connectivity index (χ3n) is 3.86. The van der Waals surface area contributed by atoms with E-state index in [2.05, 4.69) is 15.1 Å². The lowest BCUT2D eigenvalue weighted by atomic mass is 10.0. The number of hydrogen-bond donors (Lipinski definition) is 2. The highest BCUT2D eigenvalue weighted by atomic mass is 35.5. The molecular formula is C14H18ClN5O2. The molecule has 8 heteroatoms. The first-order valence-electron chi connectivity index (χ1n) is 7.09. The third kappa shape index (κ3) is 2.86. The zero-order valence-electron chi connectivity index (χ0n) is 12.5. The van der Waals surface area contributed by atoms with E-state index in [-0.39, 0.29) is 11.9 Å². The van der Waals surface area contributed by atoms with Crippen LogP contribution in [0.4, 0.5) is 11.8 Å². The largest absolute Gasteiger partial charge is 0.391 e. The molecule has 3 rings (SSSR count). The Kier molecular flexibility index (Phi) is 3.92. The molecule has 2 aromatic heterocycles. The summed E-state index contributed by atoms with van der Waals surface area (Å²) in [5, 5.41) is 14.6. The van der Waals surface area contributed by atoms with Gasteiger partial charge in [-0.2, -0.15) is 4.98 Å². The number of rotatable bonds is 3. The molecule has 3 N–H and O–H groups in total. The number of aliphatic hydroxyl groups is 1. The lowest BCUT2D eigenvalue weighted by Gasteiger charge is -2.19. The maximum atomic E-state index is 10.3. The summed E-state index contributed by atoms with van der Waals surface area (Å²) in [5.41, 5.74) is 7.17. The van der Waals surface area contributed by atoms with Crippen molar-refractivity contribution in [3.63, 3.8) is 0 Å². The first kappa shape index (κ1) is 15.1. The van der Waals surface area contributed by atoms with E-state index in [4.69, 9.17) is 21.9 Å². The van der Waals surface area contributed by atoms with E-state index < -0.39 is 6.10 Å². The topological polar surface area (TPSA) is 101 Å². The lowest BCUT2D eigenvalue weighted by Crippen LogP contribution is -2.23. The Balaban J connectivity index is 1.78. The van der Waals surface area contributed by atoms with Crippen LogP contribution in [0, 0.1) is 19.8 Å². The Bertz CT molecular complexity index is 690. The number of aromatic nitrogens is 3. The number of nitrogens with zero attached hydrogens (tertiary/aromatic N) is 4. The molecule has 1 saturated heterocycles. The van der Waals surface area contributed by atoms with E-state index in [9.17, 15) is 5.11 Å². The lowest BCUT2D eigenvalue weighted by molar-refractivity contribution is 0.143. The van der Waals surface area contributed by atoms with Crippen molar-refractivity contribution in [2.24, 2.45) is 5.92 Å². The molecule has 1 aliphatic heterocycles. The van der Waals surface area contributed by atoms with Crippen molar-refractivity contribution in [2.45, 2.75) is 26.4 Å². The molecule has 2 atom stereocenters. The Morgan fingerprint density at radius 2 is 2.18 bits per heavy atom. The minimum Gasteiger partial charge on any atom is -0.391 e. The number of nitrogens with two attached hydrogens (primary N) is 1. The minimum atomic E-state index is -0.488. The van der Waals surface area contributed by atoms with Crippen LogP contribution in [0.2, 0.25) is 5.02 Å². The normalized spacial score (nSPS) is 21.5. The van der Waals surface area contributed by atoms with Gasteiger partial charge in [0.15, 0.2) is 5.82 Å². The first-order chi connectivity index (χ1) is 10.4. The van der Waals surface area contributed by atoms with Gasteiger partial charge < -0.3 is 20.3 Å². The van der Waals surface area contributed by atoms with Crippen LogP contribution in [0.3, 0.4) is 0 Å². The third-order valence-corrected chi connectivity index (χ3v) is 4.31. The van der Waals surface area contributed by atoms with Crippen LogP contribution in [-0.4, -0.2) is 39.4 Å². The van der Waals surface area contributed by atoms with Crippen LogP contribution in [-0.2, 0) is 6.42 Å². The van der Waals surface area contributed by atoms with Gasteiger partial charge in [0.25, 0.3) is 0 Å². The summed E-state index contributed by atoms with van der Waals surface area (Å²) >= 11 is 6.27. The second-order valence-corrected chi connectivity index (χ2v) is 6.05. The predicted molar refractivity (Wildman–Crippen MR) is 82.8 cm³/mol. The maximum absolute atomic E-state index is 10.3. The molecule has 0 radical (unpaired) electrons. The summed E-state index contributed by atoms with van der Waals surface area (Å²) in [6, 6.07) is 1.88. The summed E-state index contributed by atoms with van der Waals surface area (Å²) in [6.07, 6.45) is 0.133. The monoisotopic (exact) mass is 323 g/mol. The molecule has 0 aromatic carbocycles. The standard InChI is InChI=1S/C14H18ClN5O2/c1-7-3-10(22-19-7)4-9-5-20(6-11(9)21)13-12(15)8(2)17-14(16)18-13/h3,9,11,21H,4-6H2,1-2H3,(H2,16,17,18)/t9-,11-/m1/s1. The van der Waals surface area contributed by atoms with Gasteiger partial charge in [0.05, 0.1) is 17.5 Å². The Hall–Kier alpha value is -1.86. The molecule has 0 amide bonds. The van der Waals surface area contributed by atoms with Crippen molar-refractivity contribution in [3.8, 4) is 0 Å². The number of β-amino-alcohol motifs (C(OH)–C–C–N with tert-alkyl or cyclic N) is 1. The highest BCUT2D eigenvalue weighted by molar-refractivity contribution is 6.33. The van der Waals surface area contributed by atoms with Crippen molar-refractivity contribution in [2.75, 3.05) is 23.7 Å². The zero-order valence-corrected chi connectivity index (χ0v) is 13.2. The fourth-order valence-corrected chi connectivity index (χ4v) is 2.98. The molecule has 1 fully saturated rings. The van der Waals surface area contributed by atoms with Crippen LogP contribution in [0.5, 0.6) is 0 Å². The van der Waals surface area contributed by atoms with Gasteiger partial charge in [-0.1, -0.05) is 16.8 Å². The van der Waals surface area contributed by atoms with Crippen molar-refractivity contribution in [3.05, 3.63) is 28.2 Å². The Labute approximate surface area is 133 Å². The quantitative estimate of drug-likeness (QED) is 0.879. The molecular weight excluding hydrogens is 306 g/mol. The molecule has 2 aromatic rings. The highest BCUT2D eigenvalue weighted by Crippen LogP contribution is 2.32. The van der Waals surface area contributed by atoms with E-state index in [0.717, 1.165) is 11.5 Å². The van der Waals surface area contributed by atoms with Crippen LogP contribution >= 0.6 is 11.6 Å². The Morgan fingerprint density at radius 3 is 2.86 bits per heavy atom. The number of halogens is 1. The average Bonchev–Trinajstić information content (AvgIpc) is 3.01. The molecule has 0 saturated carbocycles. The fraction of sp³-hybridized carbons (Fsp3) is 0.500. The van der Waals surface area contributed by atoms with E-state index in [1.54, 1.807) is 6.92 Å². The maximum Gasteiger partial charge on any atom is 0.222 e. The summed E-state index contributed by atoms with van der Waals surface area (Å²) in [4.78, 5) is 10.2. The van der Waals surface area contributed by atoms with Crippen LogP contribution in [0.15, 0.2) is 10.6 Å². The molecule has 118 valence electrons. The van der Waals surface area contributed by atoms with Gasteiger partial charge in [-0.3, -0.25) is 0 Å². The summed E-state index contributed by atoms with van der Waals surface area (Å²) in [6.45, 7) is 4.73. The summed E-state index contributed by atoms with van der Waals surface area (Å²) in [7, 11) is 0. The number of aryl methyl sites for hydroxylation is 2. The van der Waals surface area contributed by atoms with E-state index in [0.29, 0.717) is 36.0 Å². The smallest absolute Gasteiger partial charge is 0.222 e. The SMILES string of the molecule is Cc1cc(C[C@@H]2CN(c3nc(N)nc(C)c3Cl)C[C@H]2O)on1. The number of nitrogen functional groups attached to an aromatic ring is 1. The fourth-order valence-electron chi connectivity index (χ4n) is 2.77. The number of hydrogen-bond acceptors (Lipinski definition) is 7. The second kappa shape index (κ2) is 5.73. The number of anilines is 2. The molecule has 3 heterocycles. The van der Waals surface area contributed by atoms with Gasteiger partial charge in [-0.05, 0) is 13.8 Å².